The molecule has 0 saturated heterocycles. The fourth-order valence-electron chi connectivity index (χ4n) is 1.09. The van der Waals surface area contributed by atoms with Gasteiger partial charge >= 0.3 is 0 Å². The number of hydrogen-bond donors (Lipinski definition) is 0. The summed E-state index contributed by atoms with van der Waals surface area (Å²) in [6.07, 6.45) is -0.00375. The number of ketones is 1. The summed E-state index contributed by atoms with van der Waals surface area (Å²) in [6, 6.07) is 6.72. The minimum absolute atomic E-state index is 0.00375. The number of ether oxygens (including phenoxy) is 1. The highest BCUT2D eigenvalue weighted by Crippen LogP contribution is 2.23. The largest absolute Gasteiger partial charge is 0.497 e. The average Bonchev–Trinajstić information content (AvgIpc) is 2.28. The maximum absolute atomic E-state index is 11.7. The number of carbonyl (C=O) groups excluding carboxylic acids is 1. The van der Waals surface area contributed by atoms with Gasteiger partial charge in [0, 0.05) is 12.0 Å². The molecular weight excluding hydrogens is 270 g/mol. The van der Waals surface area contributed by atoms with E-state index in [0.717, 1.165) is 0 Å². The molecule has 0 atom stereocenters. The van der Waals surface area contributed by atoms with Gasteiger partial charge in [-0.05, 0) is 24.3 Å². The summed E-state index contributed by atoms with van der Waals surface area (Å²) in [5.74, 6) is 0.542. The van der Waals surface area contributed by atoms with Crippen molar-refractivity contribution in [2.24, 2.45) is 0 Å². The van der Waals surface area contributed by atoms with Gasteiger partial charge in [0.25, 0.3) is 0 Å². The number of allylic oxidation sites excluding steroid dienone is 1. The van der Waals surface area contributed by atoms with Gasteiger partial charge < -0.3 is 4.74 Å². The number of halogens is 3. The van der Waals surface area contributed by atoms with E-state index in [1.54, 1.807) is 31.4 Å². The quantitative estimate of drug-likeness (QED) is 0.774. The van der Waals surface area contributed by atoms with E-state index in [1.807, 2.05) is 0 Å². The van der Waals surface area contributed by atoms with E-state index in [9.17, 15) is 4.79 Å². The molecule has 0 aliphatic rings. The first kappa shape index (κ1) is 13.4. The molecule has 0 aromatic heterocycles. The zero-order valence-corrected chi connectivity index (χ0v) is 10.7. The predicted octanol–water partition coefficient (Wildman–Crippen LogP) is 4.15. The first-order valence-electron chi connectivity index (χ1n) is 4.41. The van der Waals surface area contributed by atoms with Gasteiger partial charge in [-0.2, -0.15) is 0 Å². The number of methoxy groups -OCH3 is 1. The minimum Gasteiger partial charge on any atom is -0.497 e. The van der Waals surface area contributed by atoms with Crippen LogP contribution in [0, 0.1) is 0 Å². The summed E-state index contributed by atoms with van der Waals surface area (Å²) in [5, 5.41) is 0.143. The third-order valence-corrected chi connectivity index (χ3v) is 2.91. The molecule has 1 rings (SSSR count). The third-order valence-electron chi connectivity index (χ3n) is 1.93. The van der Waals surface area contributed by atoms with E-state index in [4.69, 9.17) is 39.5 Å². The average molecular weight is 280 g/mol. The molecule has 86 valence electrons. The van der Waals surface area contributed by atoms with Crippen molar-refractivity contribution in [1.29, 1.82) is 0 Å². The first-order valence-corrected chi connectivity index (χ1v) is 5.55. The molecule has 0 aliphatic carbocycles. The first-order chi connectivity index (χ1) is 7.54. The molecule has 1 aromatic rings. The molecule has 16 heavy (non-hydrogen) atoms. The van der Waals surface area contributed by atoms with Crippen molar-refractivity contribution in [3.05, 3.63) is 39.4 Å². The Balaban J connectivity index is 2.78. The van der Waals surface area contributed by atoms with Gasteiger partial charge in [0.15, 0.2) is 5.78 Å². The van der Waals surface area contributed by atoms with Gasteiger partial charge in [-0.15, -0.1) is 0 Å². The van der Waals surface area contributed by atoms with Crippen molar-refractivity contribution in [3.8, 4) is 5.75 Å². The van der Waals surface area contributed by atoms with Crippen LogP contribution in [0.4, 0.5) is 0 Å². The summed E-state index contributed by atoms with van der Waals surface area (Å²) in [6.45, 7) is 0. The van der Waals surface area contributed by atoms with Crippen LogP contribution in [0.1, 0.15) is 16.8 Å². The molecule has 0 aliphatic heterocycles. The number of rotatable bonds is 4. The third kappa shape index (κ3) is 3.71. The number of hydrogen-bond acceptors (Lipinski definition) is 2. The number of Topliss-reactive ketones (excluding diaryl/α,β-unsaturated/α-hetero) is 1. The topological polar surface area (TPSA) is 26.3 Å². The maximum atomic E-state index is 11.7. The summed E-state index contributed by atoms with van der Waals surface area (Å²) in [4.78, 5) is 11.7. The van der Waals surface area contributed by atoms with E-state index in [0.29, 0.717) is 11.3 Å². The lowest BCUT2D eigenvalue weighted by Gasteiger charge is -2.02. The summed E-state index contributed by atoms with van der Waals surface area (Å²) in [5.41, 5.74) is 0.536. The highest BCUT2D eigenvalue weighted by atomic mass is 35.5. The lowest BCUT2D eigenvalue weighted by molar-refractivity contribution is 0.0994. The standard InChI is InChI=1S/C11H9Cl3O2/c1-16-8-4-2-7(3-5-8)10(15)6-9(12)11(13)14/h2-5H,6H2,1H3. The van der Waals surface area contributed by atoms with Crippen LogP contribution in [0.2, 0.25) is 0 Å². The van der Waals surface area contributed by atoms with Crippen LogP contribution >= 0.6 is 34.8 Å². The second-order valence-electron chi connectivity index (χ2n) is 2.99. The maximum Gasteiger partial charge on any atom is 0.168 e. The summed E-state index contributed by atoms with van der Waals surface area (Å²) < 4.78 is 4.90. The minimum atomic E-state index is -0.147. The van der Waals surface area contributed by atoms with Gasteiger partial charge in [0.2, 0.25) is 0 Å². The lowest BCUT2D eigenvalue weighted by Crippen LogP contribution is -1.99. The van der Waals surface area contributed by atoms with Gasteiger partial charge in [0.1, 0.15) is 10.2 Å². The van der Waals surface area contributed by atoms with Gasteiger partial charge in [0.05, 0.1) is 12.1 Å². The SMILES string of the molecule is COc1ccc(C(=O)CC(Cl)=C(Cl)Cl)cc1. The van der Waals surface area contributed by atoms with Crippen LogP contribution in [0.15, 0.2) is 33.8 Å². The van der Waals surface area contributed by atoms with Crippen LogP contribution in [-0.2, 0) is 0 Å². The van der Waals surface area contributed by atoms with E-state index in [-0.39, 0.29) is 21.7 Å². The van der Waals surface area contributed by atoms with Crippen molar-refractivity contribution < 1.29 is 9.53 Å². The Labute approximate surface area is 109 Å². The highest BCUT2D eigenvalue weighted by molar-refractivity contribution is 6.59. The lowest BCUT2D eigenvalue weighted by atomic mass is 10.1. The Kier molecular flexibility index (Phi) is 5.13. The molecule has 0 unspecified atom stereocenters. The van der Waals surface area contributed by atoms with Crippen molar-refractivity contribution in [2.45, 2.75) is 6.42 Å². The Morgan fingerprint density at radius 3 is 2.19 bits per heavy atom. The Hall–Kier alpha value is -0.700. The molecule has 1 aromatic carbocycles. The summed E-state index contributed by atoms with van der Waals surface area (Å²) in [7, 11) is 1.56. The fourth-order valence-corrected chi connectivity index (χ4v) is 1.34. The number of carbonyl (C=O) groups is 1. The van der Waals surface area contributed by atoms with Crippen LogP contribution in [0.3, 0.4) is 0 Å². The van der Waals surface area contributed by atoms with Crippen LogP contribution < -0.4 is 4.74 Å². The van der Waals surface area contributed by atoms with E-state index in [1.165, 1.54) is 0 Å². The molecule has 5 heteroatoms. The molecule has 0 saturated carbocycles. The molecule has 0 amide bonds. The van der Waals surface area contributed by atoms with Gasteiger partial charge in [-0.3, -0.25) is 4.79 Å². The molecule has 0 N–H and O–H groups in total. The molecule has 0 fully saturated rings. The smallest absolute Gasteiger partial charge is 0.168 e. The molecule has 0 bridgehead atoms. The molecule has 0 spiro atoms. The predicted molar refractivity (Wildman–Crippen MR) is 66.5 cm³/mol. The normalized spacial score (nSPS) is 9.75. The Morgan fingerprint density at radius 2 is 1.75 bits per heavy atom. The summed E-state index contributed by atoms with van der Waals surface area (Å²) >= 11 is 16.6. The van der Waals surface area contributed by atoms with Crippen LogP contribution in [0.5, 0.6) is 5.75 Å². The van der Waals surface area contributed by atoms with Crippen molar-refractivity contribution >= 4 is 40.6 Å². The van der Waals surface area contributed by atoms with Crippen molar-refractivity contribution in [3.63, 3.8) is 0 Å². The fraction of sp³-hybridized carbons (Fsp3) is 0.182. The highest BCUT2D eigenvalue weighted by Gasteiger charge is 2.10. The van der Waals surface area contributed by atoms with Gasteiger partial charge in [-0.1, -0.05) is 34.8 Å². The molecule has 0 radical (unpaired) electrons. The zero-order chi connectivity index (χ0) is 12.1. The van der Waals surface area contributed by atoms with E-state index < -0.39 is 0 Å². The zero-order valence-electron chi connectivity index (χ0n) is 8.47. The van der Waals surface area contributed by atoms with E-state index in [2.05, 4.69) is 0 Å². The van der Waals surface area contributed by atoms with Crippen molar-refractivity contribution in [1.82, 2.24) is 0 Å². The number of benzene rings is 1. The molecule has 0 heterocycles. The van der Waals surface area contributed by atoms with Crippen LogP contribution in [0.25, 0.3) is 0 Å². The van der Waals surface area contributed by atoms with Crippen LogP contribution in [-0.4, -0.2) is 12.9 Å². The van der Waals surface area contributed by atoms with Gasteiger partial charge in [-0.25, -0.2) is 0 Å². The monoisotopic (exact) mass is 278 g/mol. The second-order valence-corrected chi connectivity index (χ2v) is 4.40. The molecular formula is C11H9Cl3O2. The second kappa shape index (κ2) is 6.14. The molecule has 2 nitrogen and oxygen atoms in total. The van der Waals surface area contributed by atoms with Crippen molar-refractivity contribution in [2.75, 3.05) is 7.11 Å². The van der Waals surface area contributed by atoms with E-state index >= 15 is 0 Å². The Morgan fingerprint density at radius 1 is 1.19 bits per heavy atom. The Bertz CT molecular complexity index is 406.